The average Bonchev–Trinajstić information content (AvgIpc) is 2.47. The van der Waals surface area contributed by atoms with Gasteiger partial charge in [0.1, 0.15) is 11.6 Å². The monoisotopic (exact) mass is 329 g/mol. The van der Waals surface area contributed by atoms with E-state index >= 15 is 0 Å². The summed E-state index contributed by atoms with van der Waals surface area (Å²) in [7, 11) is 0. The molecule has 21 heavy (non-hydrogen) atoms. The van der Waals surface area contributed by atoms with Gasteiger partial charge in [0.05, 0.1) is 10.0 Å². The molecular weight excluding hydrogens is 305 g/mol. The molecule has 0 spiro atoms. The van der Waals surface area contributed by atoms with Gasteiger partial charge >= 0.3 is 0 Å². The second-order valence-electron chi connectivity index (χ2n) is 5.98. The van der Waals surface area contributed by atoms with Crippen LogP contribution in [0.2, 0.25) is 10.0 Å². The molecule has 0 bridgehead atoms. The number of pyridine rings is 1. The molecule has 2 rings (SSSR count). The van der Waals surface area contributed by atoms with Crippen molar-refractivity contribution in [1.29, 1.82) is 0 Å². The van der Waals surface area contributed by atoms with Gasteiger partial charge in [-0.25, -0.2) is 4.98 Å². The van der Waals surface area contributed by atoms with Crippen LogP contribution in [0.3, 0.4) is 0 Å². The van der Waals surface area contributed by atoms with Gasteiger partial charge in [-0.05, 0) is 30.7 Å². The molecule has 5 heteroatoms. The van der Waals surface area contributed by atoms with Crippen molar-refractivity contribution < 1.29 is 0 Å². The summed E-state index contributed by atoms with van der Waals surface area (Å²) in [5.41, 5.74) is 0. The summed E-state index contributed by atoms with van der Waals surface area (Å²) in [4.78, 5) is 4.53. The molecular formula is C16H25Cl2N3. The molecule has 0 aromatic carbocycles. The molecule has 1 aliphatic rings. The predicted molar refractivity (Wildman–Crippen MR) is 92.6 cm³/mol. The Labute approximate surface area is 137 Å². The first kappa shape index (κ1) is 16.7. The molecule has 1 aromatic heterocycles. The second-order valence-corrected chi connectivity index (χ2v) is 6.79. The molecule has 1 aromatic rings. The van der Waals surface area contributed by atoms with Crippen molar-refractivity contribution >= 4 is 34.8 Å². The van der Waals surface area contributed by atoms with E-state index in [1.807, 2.05) is 0 Å². The maximum Gasteiger partial charge on any atom is 0.147 e. The van der Waals surface area contributed by atoms with E-state index in [-0.39, 0.29) is 0 Å². The first-order valence-corrected chi connectivity index (χ1v) is 8.71. The Bertz CT molecular complexity index is 465. The van der Waals surface area contributed by atoms with Gasteiger partial charge in [0.25, 0.3) is 0 Å². The van der Waals surface area contributed by atoms with E-state index in [2.05, 4.69) is 29.5 Å². The lowest BCUT2D eigenvalue weighted by Crippen LogP contribution is -2.24. The van der Waals surface area contributed by atoms with Gasteiger partial charge in [-0.15, -0.1) is 0 Å². The quantitative estimate of drug-likeness (QED) is 0.728. The van der Waals surface area contributed by atoms with Crippen LogP contribution in [0.1, 0.15) is 46.0 Å². The number of halogens is 2. The van der Waals surface area contributed by atoms with E-state index in [4.69, 9.17) is 23.2 Å². The van der Waals surface area contributed by atoms with E-state index < -0.39 is 0 Å². The first-order valence-electron chi connectivity index (χ1n) is 7.95. The highest BCUT2D eigenvalue weighted by Gasteiger charge is 2.21. The van der Waals surface area contributed by atoms with Crippen molar-refractivity contribution in [2.45, 2.75) is 46.0 Å². The van der Waals surface area contributed by atoms with Gasteiger partial charge < -0.3 is 10.6 Å². The predicted octanol–water partition coefficient (Wildman–Crippen LogP) is 5.45. The van der Waals surface area contributed by atoms with Crippen LogP contribution in [0.15, 0.2) is 6.07 Å². The third kappa shape index (κ3) is 4.65. The van der Waals surface area contributed by atoms with Crippen molar-refractivity contribution in [3.05, 3.63) is 16.1 Å². The Morgan fingerprint density at radius 2 is 1.81 bits per heavy atom. The Morgan fingerprint density at radius 1 is 1.14 bits per heavy atom. The lowest BCUT2D eigenvalue weighted by Gasteiger charge is -2.29. The van der Waals surface area contributed by atoms with Crippen LogP contribution in [0.25, 0.3) is 0 Å². The fourth-order valence-electron chi connectivity index (χ4n) is 2.88. The number of aromatic nitrogens is 1. The van der Waals surface area contributed by atoms with Crippen LogP contribution in [-0.4, -0.2) is 18.1 Å². The van der Waals surface area contributed by atoms with Gasteiger partial charge in [-0.3, -0.25) is 0 Å². The molecule has 0 saturated heterocycles. The summed E-state index contributed by atoms with van der Waals surface area (Å²) in [6, 6.07) is 1.76. The second kappa shape index (κ2) is 8.09. The summed E-state index contributed by atoms with van der Waals surface area (Å²) in [6.07, 6.45) is 6.35. The molecule has 1 aliphatic carbocycles. The summed E-state index contributed by atoms with van der Waals surface area (Å²) in [5, 5.41) is 7.81. The number of hydrogen-bond acceptors (Lipinski definition) is 3. The lowest BCUT2D eigenvalue weighted by atomic mass is 9.80. The van der Waals surface area contributed by atoms with Crippen molar-refractivity contribution in [3.63, 3.8) is 0 Å². The van der Waals surface area contributed by atoms with Crippen LogP contribution in [-0.2, 0) is 0 Å². The molecule has 2 atom stereocenters. The zero-order valence-electron chi connectivity index (χ0n) is 12.9. The van der Waals surface area contributed by atoms with Gasteiger partial charge in [-0.2, -0.15) is 0 Å². The molecule has 0 amide bonds. The molecule has 0 radical (unpaired) electrons. The van der Waals surface area contributed by atoms with Crippen molar-refractivity contribution in [3.8, 4) is 0 Å². The van der Waals surface area contributed by atoms with Crippen molar-refractivity contribution in [2.75, 3.05) is 23.7 Å². The van der Waals surface area contributed by atoms with E-state index in [0.717, 1.165) is 31.2 Å². The molecule has 2 N–H and O–H groups in total. The third-order valence-corrected chi connectivity index (χ3v) is 4.87. The first-order chi connectivity index (χ1) is 10.1. The van der Waals surface area contributed by atoms with E-state index in [0.29, 0.717) is 21.8 Å². The van der Waals surface area contributed by atoms with Crippen LogP contribution in [0, 0.1) is 11.8 Å². The molecule has 118 valence electrons. The highest BCUT2D eigenvalue weighted by Crippen LogP contribution is 2.32. The molecule has 1 fully saturated rings. The van der Waals surface area contributed by atoms with Crippen LogP contribution >= 0.6 is 23.2 Å². The Kier molecular flexibility index (Phi) is 6.43. The highest BCUT2D eigenvalue weighted by molar-refractivity contribution is 6.37. The fraction of sp³-hybridized carbons (Fsp3) is 0.688. The maximum atomic E-state index is 6.25. The molecule has 1 saturated carbocycles. The van der Waals surface area contributed by atoms with Crippen LogP contribution < -0.4 is 10.6 Å². The minimum atomic E-state index is 0.574. The SMILES string of the molecule is CCCNc1nc(NCC2CCCCC2C)c(Cl)cc1Cl. The topological polar surface area (TPSA) is 37.0 Å². The van der Waals surface area contributed by atoms with E-state index in [1.165, 1.54) is 25.7 Å². The Hall–Kier alpha value is -0.670. The summed E-state index contributed by atoms with van der Waals surface area (Å²) >= 11 is 12.4. The normalized spacial score (nSPS) is 22.1. The van der Waals surface area contributed by atoms with Crippen LogP contribution in [0.4, 0.5) is 11.6 Å². The summed E-state index contributed by atoms with van der Waals surface area (Å²) < 4.78 is 0. The zero-order chi connectivity index (χ0) is 15.2. The van der Waals surface area contributed by atoms with Gasteiger partial charge in [0.15, 0.2) is 0 Å². The molecule has 3 nitrogen and oxygen atoms in total. The highest BCUT2D eigenvalue weighted by atomic mass is 35.5. The summed E-state index contributed by atoms with van der Waals surface area (Å²) in [6.45, 7) is 6.24. The fourth-order valence-corrected chi connectivity index (χ4v) is 3.37. The number of nitrogens with zero attached hydrogens (tertiary/aromatic N) is 1. The van der Waals surface area contributed by atoms with Gasteiger partial charge in [0.2, 0.25) is 0 Å². The number of anilines is 2. The standard InChI is InChI=1S/C16H25Cl2N3/c1-3-8-19-15-13(17)9-14(18)16(21-15)20-10-12-7-5-4-6-11(12)2/h9,11-12H,3-8,10H2,1-2H3,(H2,19,20,21). The minimum Gasteiger partial charge on any atom is -0.369 e. The van der Waals surface area contributed by atoms with E-state index in [1.54, 1.807) is 6.07 Å². The molecule has 1 heterocycles. The number of hydrogen-bond donors (Lipinski definition) is 2. The van der Waals surface area contributed by atoms with E-state index in [9.17, 15) is 0 Å². The zero-order valence-corrected chi connectivity index (χ0v) is 14.4. The van der Waals surface area contributed by atoms with Gasteiger partial charge in [-0.1, -0.05) is 56.3 Å². The molecule has 2 unspecified atom stereocenters. The largest absolute Gasteiger partial charge is 0.369 e. The maximum absolute atomic E-state index is 6.25. The smallest absolute Gasteiger partial charge is 0.147 e. The Morgan fingerprint density at radius 3 is 2.48 bits per heavy atom. The van der Waals surface area contributed by atoms with Gasteiger partial charge in [0, 0.05) is 13.1 Å². The Balaban J connectivity index is 2.01. The average molecular weight is 330 g/mol. The van der Waals surface area contributed by atoms with Crippen LogP contribution in [0.5, 0.6) is 0 Å². The van der Waals surface area contributed by atoms with Crippen molar-refractivity contribution in [1.82, 2.24) is 4.98 Å². The summed E-state index contributed by atoms with van der Waals surface area (Å²) in [5.74, 6) is 2.92. The third-order valence-electron chi connectivity index (χ3n) is 4.29. The van der Waals surface area contributed by atoms with Crippen molar-refractivity contribution in [2.24, 2.45) is 11.8 Å². The molecule has 0 aliphatic heterocycles. The number of rotatable bonds is 6. The number of nitrogens with one attached hydrogen (secondary N) is 2. The lowest BCUT2D eigenvalue weighted by molar-refractivity contribution is 0.268. The minimum absolute atomic E-state index is 0.574.